The molecule has 3 aromatic heterocycles. The van der Waals surface area contributed by atoms with Gasteiger partial charge in [-0.05, 0) is 18.6 Å². The summed E-state index contributed by atoms with van der Waals surface area (Å²) in [6.45, 7) is 4.40. The lowest BCUT2D eigenvalue weighted by Gasteiger charge is -2.16. The average molecular weight is 441 g/mol. The Kier molecular flexibility index (Phi) is 7.06. The third-order valence-electron chi connectivity index (χ3n) is 4.94. The molecule has 1 aromatic carbocycles. The lowest BCUT2D eigenvalue weighted by Crippen LogP contribution is -2.12. The molecular weight excluding hydrogens is 418 g/mol. The number of halogens is 2. The van der Waals surface area contributed by atoms with Gasteiger partial charge in [0.1, 0.15) is 18.0 Å². The van der Waals surface area contributed by atoms with Crippen molar-refractivity contribution in [3.63, 3.8) is 0 Å². The largest absolute Gasteiger partial charge is 0.369 e. The number of nitrogens with zero attached hydrogens (tertiary/aromatic N) is 5. The molecule has 0 unspecified atom stereocenters. The number of nitrogens with one attached hydrogen (secondary N) is 1. The molecule has 0 amide bonds. The Bertz CT molecular complexity index is 1170. The van der Waals surface area contributed by atoms with Crippen LogP contribution < -0.4 is 5.32 Å². The quantitative estimate of drug-likeness (QED) is 0.452. The smallest absolute Gasteiger partial charge is 0.264 e. The lowest BCUT2D eigenvalue weighted by atomic mass is 9.96. The van der Waals surface area contributed by atoms with E-state index in [0.717, 1.165) is 11.1 Å². The van der Waals surface area contributed by atoms with Crippen molar-refractivity contribution in [2.45, 2.75) is 26.2 Å². The van der Waals surface area contributed by atoms with Crippen LogP contribution in [0.1, 0.15) is 36.2 Å². The van der Waals surface area contributed by atoms with Gasteiger partial charge in [-0.1, -0.05) is 25.1 Å². The number of rotatable bonds is 6. The molecule has 4 aromatic rings. The monoisotopic (exact) mass is 440 g/mol. The van der Waals surface area contributed by atoms with Crippen LogP contribution in [0.4, 0.5) is 14.6 Å². The van der Waals surface area contributed by atoms with Gasteiger partial charge in [-0.2, -0.15) is 13.5 Å². The molecule has 0 aliphatic rings. The Hall–Kier alpha value is -3.20. The highest BCUT2D eigenvalue weighted by Gasteiger charge is 2.16. The van der Waals surface area contributed by atoms with Gasteiger partial charge < -0.3 is 5.32 Å². The number of aromatic nitrogens is 5. The molecule has 0 fully saturated rings. The van der Waals surface area contributed by atoms with Crippen molar-refractivity contribution in [2.24, 2.45) is 0 Å². The molecule has 160 valence electrons. The van der Waals surface area contributed by atoms with Gasteiger partial charge >= 0.3 is 0 Å². The first-order valence-electron chi connectivity index (χ1n) is 9.53. The molecular formula is C22H22F2N6S. The van der Waals surface area contributed by atoms with Crippen LogP contribution in [0.25, 0.3) is 22.2 Å². The van der Waals surface area contributed by atoms with E-state index >= 15 is 0 Å². The highest BCUT2D eigenvalue weighted by Crippen LogP contribution is 2.31. The fourth-order valence-electron chi connectivity index (χ4n) is 3.31. The molecule has 6 nitrogen and oxygen atoms in total. The van der Waals surface area contributed by atoms with Gasteiger partial charge in [0.05, 0.1) is 11.2 Å². The first kappa shape index (κ1) is 22.5. The van der Waals surface area contributed by atoms with Gasteiger partial charge in [0, 0.05) is 53.6 Å². The molecule has 1 N–H and O–H groups in total. The standard InChI is InChI=1S/C22H20F2N6.H2S/c1-13(16-4-3-5-17-18(22(23)24)6-7-25-21(16)17)9-28-20-8-19(29-12-30-20)15-10-26-14(2)27-11-15;/h3-8,10-13,22H,9H2,1-2H3,(H,28,29,30);1H2/t13-;/m1./s1. The summed E-state index contributed by atoms with van der Waals surface area (Å²) >= 11 is 0. The summed E-state index contributed by atoms with van der Waals surface area (Å²) < 4.78 is 26.7. The van der Waals surface area contributed by atoms with Crippen LogP contribution in [0, 0.1) is 6.92 Å². The fraction of sp³-hybridized carbons (Fsp3) is 0.227. The second-order valence-electron chi connectivity index (χ2n) is 7.03. The fourth-order valence-corrected chi connectivity index (χ4v) is 3.31. The maximum atomic E-state index is 13.3. The molecule has 3 heterocycles. The van der Waals surface area contributed by atoms with Crippen LogP contribution in [0.3, 0.4) is 0 Å². The summed E-state index contributed by atoms with van der Waals surface area (Å²) in [5, 5.41) is 3.79. The predicted octanol–water partition coefficient (Wildman–Crippen LogP) is 5.06. The van der Waals surface area contributed by atoms with Crippen LogP contribution in [-0.2, 0) is 0 Å². The van der Waals surface area contributed by atoms with E-state index in [4.69, 9.17) is 0 Å². The van der Waals surface area contributed by atoms with Gasteiger partial charge in [0.2, 0.25) is 0 Å². The first-order chi connectivity index (χ1) is 14.5. The molecule has 9 heteroatoms. The zero-order valence-corrected chi connectivity index (χ0v) is 18.0. The van der Waals surface area contributed by atoms with E-state index in [-0.39, 0.29) is 25.0 Å². The Morgan fingerprint density at radius 1 is 0.968 bits per heavy atom. The van der Waals surface area contributed by atoms with Crippen LogP contribution >= 0.6 is 13.5 Å². The first-order valence-corrected chi connectivity index (χ1v) is 9.53. The zero-order chi connectivity index (χ0) is 21.1. The normalized spacial score (nSPS) is 11.9. The van der Waals surface area contributed by atoms with E-state index < -0.39 is 6.43 Å². The maximum Gasteiger partial charge on any atom is 0.264 e. The number of pyridine rings is 1. The van der Waals surface area contributed by atoms with E-state index in [1.165, 1.54) is 18.6 Å². The summed E-state index contributed by atoms with van der Waals surface area (Å²) in [5.41, 5.74) is 3.03. The van der Waals surface area contributed by atoms with Crippen LogP contribution in [0.2, 0.25) is 0 Å². The zero-order valence-electron chi connectivity index (χ0n) is 17.0. The number of para-hydroxylation sites is 1. The van der Waals surface area contributed by atoms with Crippen molar-refractivity contribution in [3.05, 3.63) is 72.2 Å². The average Bonchev–Trinajstić information content (AvgIpc) is 2.77. The van der Waals surface area contributed by atoms with E-state index in [0.29, 0.717) is 34.8 Å². The number of alkyl halides is 2. The minimum Gasteiger partial charge on any atom is -0.369 e. The van der Waals surface area contributed by atoms with Crippen molar-refractivity contribution in [1.29, 1.82) is 0 Å². The summed E-state index contributed by atoms with van der Waals surface area (Å²) in [6, 6.07) is 8.61. The van der Waals surface area contributed by atoms with Gasteiger partial charge in [0.25, 0.3) is 6.43 Å². The molecule has 0 aliphatic heterocycles. The highest BCUT2D eigenvalue weighted by atomic mass is 32.1. The van der Waals surface area contributed by atoms with Crippen LogP contribution in [0.15, 0.2) is 55.2 Å². The summed E-state index contributed by atoms with van der Waals surface area (Å²) in [6.07, 6.45) is 3.83. The highest BCUT2D eigenvalue weighted by molar-refractivity contribution is 7.59. The van der Waals surface area contributed by atoms with E-state index in [1.54, 1.807) is 24.5 Å². The van der Waals surface area contributed by atoms with Crippen LogP contribution in [0.5, 0.6) is 0 Å². The molecule has 0 saturated carbocycles. The van der Waals surface area contributed by atoms with Gasteiger partial charge in [0.15, 0.2) is 0 Å². The number of hydrogen-bond donors (Lipinski definition) is 1. The van der Waals surface area contributed by atoms with Gasteiger partial charge in [-0.3, -0.25) is 4.98 Å². The van der Waals surface area contributed by atoms with Crippen LogP contribution in [-0.4, -0.2) is 31.5 Å². The molecule has 0 bridgehead atoms. The lowest BCUT2D eigenvalue weighted by molar-refractivity contribution is 0.153. The van der Waals surface area contributed by atoms with Crippen molar-refractivity contribution in [2.75, 3.05) is 11.9 Å². The number of anilines is 1. The van der Waals surface area contributed by atoms with E-state index in [1.807, 2.05) is 26.0 Å². The second-order valence-corrected chi connectivity index (χ2v) is 7.03. The second kappa shape index (κ2) is 9.74. The number of benzene rings is 1. The van der Waals surface area contributed by atoms with Crippen molar-refractivity contribution >= 4 is 30.2 Å². The van der Waals surface area contributed by atoms with Gasteiger partial charge in [-0.25, -0.2) is 28.7 Å². The van der Waals surface area contributed by atoms with Crippen molar-refractivity contribution < 1.29 is 8.78 Å². The third-order valence-corrected chi connectivity index (χ3v) is 4.94. The van der Waals surface area contributed by atoms with Crippen molar-refractivity contribution in [3.8, 4) is 11.3 Å². The Morgan fingerprint density at radius 2 is 1.74 bits per heavy atom. The molecule has 0 radical (unpaired) electrons. The molecule has 0 spiro atoms. The Morgan fingerprint density at radius 3 is 2.48 bits per heavy atom. The molecule has 1 atom stereocenters. The number of fused-ring (bicyclic) bond motifs is 1. The third kappa shape index (κ3) is 4.93. The minimum absolute atomic E-state index is 0. The summed E-state index contributed by atoms with van der Waals surface area (Å²) in [7, 11) is 0. The number of hydrogen-bond acceptors (Lipinski definition) is 6. The maximum absolute atomic E-state index is 13.3. The summed E-state index contributed by atoms with van der Waals surface area (Å²) in [4.78, 5) is 21.3. The summed E-state index contributed by atoms with van der Waals surface area (Å²) in [5.74, 6) is 1.38. The number of aryl methyl sites for hydroxylation is 1. The predicted molar refractivity (Wildman–Crippen MR) is 122 cm³/mol. The topological polar surface area (TPSA) is 76.5 Å². The van der Waals surface area contributed by atoms with E-state index in [9.17, 15) is 8.78 Å². The SMILES string of the molecule is Cc1ncc(-c2cc(NC[C@@H](C)c3cccc4c(C(F)F)ccnc34)ncn2)cn1.S. The Labute approximate surface area is 185 Å². The van der Waals surface area contributed by atoms with Gasteiger partial charge in [-0.15, -0.1) is 0 Å². The molecule has 31 heavy (non-hydrogen) atoms. The minimum atomic E-state index is -2.54. The van der Waals surface area contributed by atoms with E-state index in [2.05, 4.69) is 30.2 Å². The molecule has 0 saturated heterocycles. The Balaban J connectivity index is 0.00000272. The van der Waals surface area contributed by atoms with Crippen molar-refractivity contribution in [1.82, 2.24) is 24.9 Å². The molecule has 0 aliphatic carbocycles. The molecule has 4 rings (SSSR count).